The number of alkyl halides is 2. The van der Waals surface area contributed by atoms with E-state index in [4.69, 9.17) is 27.9 Å². The zero-order valence-corrected chi connectivity index (χ0v) is 19.3. The number of benzene rings is 2. The Labute approximate surface area is 201 Å². The number of halogens is 2. The van der Waals surface area contributed by atoms with Crippen LogP contribution in [0.4, 0.5) is 11.4 Å². The largest absolute Gasteiger partial charge is 0.452 e. The number of hydrogen-bond acceptors (Lipinski definition) is 5. The van der Waals surface area contributed by atoms with Crippen LogP contribution in [-0.4, -0.2) is 41.1 Å². The monoisotopic (exact) mass is 488 g/mol. The summed E-state index contributed by atoms with van der Waals surface area (Å²) in [6.07, 6.45) is 0.715. The van der Waals surface area contributed by atoms with E-state index in [1.807, 2.05) is 19.1 Å². The smallest absolute Gasteiger partial charge is 0.338 e. The molecular formula is C24H22Cl2N2O5. The molecule has 2 aromatic carbocycles. The second-order valence-electron chi connectivity index (χ2n) is 8.21. The van der Waals surface area contributed by atoms with Crippen LogP contribution in [0.15, 0.2) is 48.5 Å². The lowest BCUT2D eigenvalue weighted by atomic mass is 9.80. The second-order valence-corrected chi connectivity index (χ2v) is 9.34. The molecule has 0 unspecified atom stereocenters. The van der Waals surface area contributed by atoms with Crippen LogP contribution in [-0.2, 0) is 19.1 Å². The zero-order chi connectivity index (χ0) is 23.7. The van der Waals surface area contributed by atoms with Crippen LogP contribution in [0.5, 0.6) is 0 Å². The number of nitrogens with one attached hydrogen (secondary N) is 1. The molecule has 2 aliphatic rings. The number of aryl methyl sites for hydroxylation is 1. The quantitative estimate of drug-likeness (QED) is 0.391. The van der Waals surface area contributed by atoms with Gasteiger partial charge in [0.1, 0.15) is 0 Å². The normalized spacial score (nSPS) is 24.4. The van der Waals surface area contributed by atoms with E-state index in [9.17, 15) is 19.2 Å². The van der Waals surface area contributed by atoms with Gasteiger partial charge in [-0.05, 0) is 55.7 Å². The van der Waals surface area contributed by atoms with Crippen LogP contribution in [0.2, 0.25) is 0 Å². The molecule has 1 N–H and O–H groups in total. The third-order valence-electron chi connectivity index (χ3n) is 6.03. The molecule has 1 aliphatic carbocycles. The molecule has 0 spiro atoms. The molecule has 172 valence electrons. The highest BCUT2D eigenvalue weighted by molar-refractivity contribution is 6.31. The Morgan fingerprint density at radius 3 is 2.12 bits per heavy atom. The zero-order valence-electron chi connectivity index (χ0n) is 17.8. The van der Waals surface area contributed by atoms with Gasteiger partial charge in [-0.15, -0.1) is 23.2 Å². The lowest BCUT2D eigenvalue weighted by Crippen LogP contribution is -2.34. The summed E-state index contributed by atoms with van der Waals surface area (Å²) >= 11 is 12.4. The van der Waals surface area contributed by atoms with E-state index >= 15 is 0 Å². The van der Waals surface area contributed by atoms with Gasteiger partial charge in [-0.2, -0.15) is 0 Å². The number of anilines is 2. The van der Waals surface area contributed by atoms with Crippen molar-refractivity contribution in [2.45, 2.75) is 30.5 Å². The average Bonchev–Trinajstić information content (AvgIpc) is 3.03. The standard InChI is InChI=1S/C24H22Cl2N2O5/c1-13-4-2-3-5-20(13)27-21(29)12-33-24(32)14-6-8-15(9-7-14)28-22(30)16-10-18(25)19(26)11-17(16)23(28)31/h2-9,16-19H,10-12H2,1H3,(H,27,29)/t16-,17+,18-,19-/m0/s1. The fraction of sp³-hybridized carbons (Fsp3) is 0.333. The van der Waals surface area contributed by atoms with Crippen molar-refractivity contribution < 1.29 is 23.9 Å². The number of rotatable bonds is 5. The van der Waals surface area contributed by atoms with E-state index in [0.717, 1.165) is 10.5 Å². The number of amides is 3. The number of para-hydroxylation sites is 1. The number of imide groups is 1. The summed E-state index contributed by atoms with van der Waals surface area (Å²) in [6, 6.07) is 13.2. The van der Waals surface area contributed by atoms with E-state index in [1.54, 1.807) is 12.1 Å². The predicted octanol–water partition coefficient (Wildman–Crippen LogP) is 3.90. The highest BCUT2D eigenvalue weighted by Crippen LogP contribution is 2.43. The topological polar surface area (TPSA) is 92.8 Å². The molecule has 9 heteroatoms. The molecule has 0 bridgehead atoms. The first-order chi connectivity index (χ1) is 15.8. The van der Waals surface area contributed by atoms with Crippen LogP contribution in [0, 0.1) is 18.8 Å². The number of hydrogen-bond donors (Lipinski definition) is 1. The maximum Gasteiger partial charge on any atom is 0.338 e. The Kier molecular flexibility index (Phi) is 6.72. The first-order valence-electron chi connectivity index (χ1n) is 10.5. The molecule has 0 aromatic heterocycles. The molecule has 0 radical (unpaired) electrons. The van der Waals surface area contributed by atoms with Gasteiger partial charge in [0.2, 0.25) is 11.8 Å². The van der Waals surface area contributed by atoms with Crippen molar-refractivity contribution in [3.8, 4) is 0 Å². The Morgan fingerprint density at radius 2 is 1.55 bits per heavy atom. The minimum atomic E-state index is -0.691. The maximum absolute atomic E-state index is 12.8. The molecule has 33 heavy (non-hydrogen) atoms. The summed E-state index contributed by atoms with van der Waals surface area (Å²) in [5.41, 5.74) is 2.09. The van der Waals surface area contributed by atoms with Crippen LogP contribution >= 0.6 is 23.2 Å². The Bertz CT molecular complexity index is 1080. The molecule has 1 aliphatic heterocycles. The highest BCUT2D eigenvalue weighted by atomic mass is 35.5. The molecule has 7 nitrogen and oxygen atoms in total. The van der Waals surface area contributed by atoms with Gasteiger partial charge in [0, 0.05) is 5.69 Å². The lowest BCUT2D eigenvalue weighted by molar-refractivity contribution is -0.122. The van der Waals surface area contributed by atoms with Crippen LogP contribution in [0.25, 0.3) is 0 Å². The molecule has 3 amide bonds. The fourth-order valence-electron chi connectivity index (χ4n) is 4.21. The Hall–Kier alpha value is -2.90. The van der Waals surface area contributed by atoms with Crippen molar-refractivity contribution in [1.82, 2.24) is 0 Å². The first kappa shape index (κ1) is 23.3. The summed E-state index contributed by atoms with van der Waals surface area (Å²) < 4.78 is 5.08. The number of carbonyl (C=O) groups is 4. The average molecular weight is 489 g/mol. The van der Waals surface area contributed by atoms with E-state index in [2.05, 4.69) is 5.32 Å². The van der Waals surface area contributed by atoms with Crippen molar-refractivity contribution in [3.05, 3.63) is 59.7 Å². The van der Waals surface area contributed by atoms with Gasteiger partial charge in [0.05, 0.1) is 33.8 Å². The number of nitrogens with zero attached hydrogens (tertiary/aromatic N) is 1. The van der Waals surface area contributed by atoms with Gasteiger partial charge in [0.25, 0.3) is 5.91 Å². The molecule has 2 fully saturated rings. The Morgan fingerprint density at radius 1 is 0.970 bits per heavy atom. The second kappa shape index (κ2) is 9.53. The van der Waals surface area contributed by atoms with E-state index in [0.29, 0.717) is 24.2 Å². The molecule has 2 aromatic rings. The van der Waals surface area contributed by atoms with Crippen LogP contribution in [0.3, 0.4) is 0 Å². The summed E-state index contributed by atoms with van der Waals surface area (Å²) in [7, 11) is 0. The van der Waals surface area contributed by atoms with Crippen LogP contribution in [0.1, 0.15) is 28.8 Å². The molecular weight excluding hydrogens is 467 g/mol. The minimum Gasteiger partial charge on any atom is -0.452 e. The van der Waals surface area contributed by atoms with Gasteiger partial charge >= 0.3 is 5.97 Å². The van der Waals surface area contributed by atoms with Gasteiger partial charge in [0.15, 0.2) is 6.61 Å². The van der Waals surface area contributed by atoms with Gasteiger partial charge in [-0.25, -0.2) is 4.79 Å². The molecule has 4 atom stereocenters. The van der Waals surface area contributed by atoms with Gasteiger partial charge in [-0.1, -0.05) is 18.2 Å². The van der Waals surface area contributed by atoms with Gasteiger partial charge < -0.3 is 10.1 Å². The van der Waals surface area contributed by atoms with Crippen molar-refractivity contribution >= 4 is 58.3 Å². The molecule has 1 saturated heterocycles. The number of carbonyl (C=O) groups excluding carboxylic acids is 4. The van der Waals surface area contributed by atoms with Crippen molar-refractivity contribution in [2.24, 2.45) is 11.8 Å². The third kappa shape index (κ3) is 4.75. The predicted molar refractivity (Wildman–Crippen MR) is 125 cm³/mol. The summed E-state index contributed by atoms with van der Waals surface area (Å²) in [6.45, 7) is 1.41. The Balaban J connectivity index is 1.37. The lowest BCUT2D eigenvalue weighted by Gasteiger charge is -2.28. The molecule has 4 rings (SSSR count). The fourth-order valence-corrected chi connectivity index (χ4v) is 4.80. The summed E-state index contributed by atoms with van der Waals surface area (Å²) in [4.78, 5) is 51.2. The number of esters is 1. The number of ether oxygens (including phenoxy) is 1. The molecule has 1 heterocycles. The molecule has 1 saturated carbocycles. The number of fused-ring (bicyclic) bond motifs is 1. The van der Waals surface area contributed by atoms with E-state index < -0.39 is 30.3 Å². The highest BCUT2D eigenvalue weighted by Gasteiger charge is 2.52. The van der Waals surface area contributed by atoms with Crippen molar-refractivity contribution in [3.63, 3.8) is 0 Å². The van der Waals surface area contributed by atoms with Crippen molar-refractivity contribution in [1.29, 1.82) is 0 Å². The summed E-state index contributed by atoms with van der Waals surface area (Å²) in [5, 5.41) is 1.97. The van der Waals surface area contributed by atoms with E-state index in [1.165, 1.54) is 24.3 Å². The third-order valence-corrected chi connectivity index (χ3v) is 7.12. The van der Waals surface area contributed by atoms with E-state index in [-0.39, 0.29) is 28.1 Å². The first-order valence-corrected chi connectivity index (χ1v) is 11.4. The van der Waals surface area contributed by atoms with Crippen LogP contribution < -0.4 is 10.2 Å². The SMILES string of the molecule is Cc1ccccc1NC(=O)COC(=O)c1ccc(N2C(=O)[C@H]3C[C@H](Cl)[C@@H](Cl)C[C@H]3C2=O)cc1. The summed E-state index contributed by atoms with van der Waals surface area (Å²) in [5.74, 6) is -2.72. The van der Waals surface area contributed by atoms with Gasteiger partial charge in [-0.3, -0.25) is 19.3 Å². The minimum absolute atomic E-state index is 0.195. The van der Waals surface area contributed by atoms with Crippen molar-refractivity contribution in [2.75, 3.05) is 16.8 Å². The maximum atomic E-state index is 12.8.